The largest absolute Gasteiger partial charge is 0.490 e. The zero-order chi connectivity index (χ0) is 24.9. The fourth-order valence-corrected chi connectivity index (χ4v) is 3.70. The first-order valence-corrected chi connectivity index (χ1v) is 10.5. The van der Waals surface area contributed by atoms with Crippen molar-refractivity contribution in [3.05, 3.63) is 71.0 Å². The van der Waals surface area contributed by atoms with Crippen molar-refractivity contribution in [1.29, 1.82) is 0 Å². The number of nitrogens with one attached hydrogen (secondary N) is 1. The summed E-state index contributed by atoms with van der Waals surface area (Å²) in [5.74, 6) is -1.25. The molecule has 34 heavy (non-hydrogen) atoms. The number of hydrogen-bond donors (Lipinski definition) is 2. The highest BCUT2D eigenvalue weighted by molar-refractivity contribution is 6.30. The molecule has 3 aromatic rings. The van der Waals surface area contributed by atoms with E-state index in [1.165, 1.54) is 6.20 Å². The number of carboxylic acids is 1. The number of aliphatic carboxylic acids is 1. The average Bonchev–Trinajstić information content (AvgIpc) is 3.40. The van der Waals surface area contributed by atoms with Gasteiger partial charge in [0.05, 0.1) is 5.02 Å². The van der Waals surface area contributed by atoms with Gasteiger partial charge in [-0.25, -0.2) is 9.78 Å². The van der Waals surface area contributed by atoms with E-state index < -0.39 is 12.1 Å². The topological polar surface area (TPSA) is 118 Å². The molecule has 2 unspecified atom stereocenters. The Balaban J connectivity index is 0.000000406. The van der Waals surface area contributed by atoms with Crippen LogP contribution in [0.2, 0.25) is 5.02 Å². The maximum atomic E-state index is 12.8. The highest BCUT2D eigenvalue weighted by atomic mass is 35.5. The van der Waals surface area contributed by atoms with Gasteiger partial charge in [-0.1, -0.05) is 41.9 Å². The normalized spacial score (nSPS) is 19.0. The van der Waals surface area contributed by atoms with E-state index in [-0.39, 0.29) is 17.2 Å². The molecule has 2 N–H and O–H groups in total. The molecule has 8 nitrogen and oxygen atoms in total. The zero-order valence-corrected chi connectivity index (χ0v) is 18.6. The van der Waals surface area contributed by atoms with Crippen LogP contribution in [0.1, 0.15) is 30.2 Å². The molecule has 0 radical (unpaired) electrons. The summed E-state index contributed by atoms with van der Waals surface area (Å²) >= 11 is 5.85. The number of nitrogens with zero attached hydrogens (tertiary/aromatic N) is 3. The minimum atomic E-state index is -5.08. The van der Waals surface area contributed by atoms with E-state index in [1.54, 1.807) is 19.1 Å². The molecule has 0 bridgehead atoms. The lowest BCUT2D eigenvalue weighted by Crippen LogP contribution is -2.22. The minimum absolute atomic E-state index is 0.0321. The molecule has 2 heterocycles. The van der Waals surface area contributed by atoms with E-state index in [0.717, 1.165) is 18.4 Å². The van der Waals surface area contributed by atoms with Gasteiger partial charge >= 0.3 is 12.1 Å². The van der Waals surface area contributed by atoms with Crippen molar-refractivity contribution in [1.82, 2.24) is 15.2 Å². The second-order valence-electron chi connectivity index (χ2n) is 7.65. The lowest BCUT2D eigenvalue weighted by molar-refractivity contribution is -0.192. The Morgan fingerprint density at radius 3 is 2.41 bits per heavy atom. The van der Waals surface area contributed by atoms with Crippen molar-refractivity contribution < 1.29 is 32.3 Å². The van der Waals surface area contributed by atoms with Crippen molar-refractivity contribution in [3.63, 3.8) is 0 Å². The van der Waals surface area contributed by atoms with E-state index in [1.807, 2.05) is 18.2 Å². The lowest BCUT2D eigenvalue weighted by atomic mass is 9.88. The Morgan fingerprint density at radius 2 is 1.88 bits per heavy atom. The van der Waals surface area contributed by atoms with Crippen LogP contribution in [0.15, 0.2) is 53.1 Å². The standard InChI is InChI=1S/C20H19ClN4O2.C2HF3O2/c1-13-24-25-18(27-13)9-10-20(14-5-3-2-4-6-14)11-16(20)19(26)23-17-8-7-15(21)12-22-17;3-2(4,5)1(6)7/h2-8,12,16H,9-11H2,1H3,(H,22,23,26);(H,6,7). The fraction of sp³-hybridized carbons (Fsp3) is 0.318. The predicted octanol–water partition coefficient (Wildman–Crippen LogP) is 4.59. The highest BCUT2D eigenvalue weighted by Gasteiger charge is 2.58. The number of alkyl halides is 3. The van der Waals surface area contributed by atoms with Gasteiger partial charge in [0, 0.05) is 30.9 Å². The van der Waals surface area contributed by atoms with E-state index in [0.29, 0.717) is 29.0 Å². The summed E-state index contributed by atoms with van der Waals surface area (Å²) in [6, 6.07) is 13.5. The number of halogens is 4. The first kappa shape index (κ1) is 25.2. The molecule has 12 heteroatoms. The van der Waals surface area contributed by atoms with Crippen molar-refractivity contribution in [2.45, 2.75) is 37.8 Å². The van der Waals surface area contributed by atoms with E-state index >= 15 is 0 Å². The first-order valence-electron chi connectivity index (χ1n) is 10.1. The molecule has 180 valence electrons. The maximum Gasteiger partial charge on any atom is 0.490 e. The van der Waals surface area contributed by atoms with Gasteiger partial charge in [0.25, 0.3) is 0 Å². The summed E-state index contributed by atoms with van der Waals surface area (Å²) in [4.78, 5) is 25.9. The van der Waals surface area contributed by atoms with Crippen molar-refractivity contribution in [2.24, 2.45) is 5.92 Å². The van der Waals surface area contributed by atoms with Crippen LogP contribution in [-0.2, 0) is 21.4 Å². The zero-order valence-electron chi connectivity index (χ0n) is 17.8. The Labute approximate surface area is 197 Å². The van der Waals surface area contributed by atoms with Crippen molar-refractivity contribution >= 4 is 29.3 Å². The number of aryl methyl sites for hydroxylation is 2. The van der Waals surface area contributed by atoms with Crippen LogP contribution in [0.4, 0.5) is 19.0 Å². The number of pyridine rings is 1. The number of hydrogen-bond acceptors (Lipinski definition) is 6. The molecule has 1 aliphatic carbocycles. The molecular formula is C22H20ClF3N4O4. The molecular weight excluding hydrogens is 477 g/mol. The number of amides is 1. The molecule has 1 aliphatic rings. The van der Waals surface area contributed by atoms with E-state index in [2.05, 4.69) is 32.6 Å². The summed E-state index contributed by atoms with van der Waals surface area (Å²) in [6.45, 7) is 1.77. The number of carbonyl (C=O) groups excluding carboxylic acids is 1. The summed E-state index contributed by atoms with van der Waals surface area (Å²) in [6.07, 6.45) is -1.38. The molecule has 0 aliphatic heterocycles. The van der Waals surface area contributed by atoms with Crippen LogP contribution >= 0.6 is 11.6 Å². The smallest absolute Gasteiger partial charge is 0.475 e. The fourth-order valence-electron chi connectivity index (χ4n) is 3.59. The number of aromatic nitrogens is 3. The third-order valence-electron chi connectivity index (χ3n) is 5.31. The highest BCUT2D eigenvalue weighted by Crippen LogP contribution is 2.57. The molecule has 1 amide bonds. The van der Waals surface area contributed by atoms with Gasteiger partial charge in [0.1, 0.15) is 5.82 Å². The summed E-state index contributed by atoms with van der Waals surface area (Å²) in [5, 5.41) is 18.5. The third kappa shape index (κ3) is 6.31. The molecule has 2 atom stereocenters. The number of carboxylic acid groups (broad SMARTS) is 1. The second kappa shape index (κ2) is 10.2. The molecule has 1 aromatic carbocycles. The van der Waals surface area contributed by atoms with E-state index in [9.17, 15) is 18.0 Å². The van der Waals surface area contributed by atoms with Gasteiger partial charge in [0.2, 0.25) is 17.7 Å². The summed E-state index contributed by atoms with van der Waals surface area (Å²) < 4.78 is 37.2. The van der Waals surface area contributed by atoms with Crippen molar-refractivity contribution in [3.8, 4) is 0 Å². The Kier molecular flexibility index (Phi) is 7.55. The van der Waals surface area contributed by atoms with Gasteiger partial charge in [-0.2, -0.15) is 13.2 Å². The average molecular weight is 497 g/mol. The van der Waals surface area contributed by atoms with Gasteiger partial charge in [0.15, 0.2) is 0 Å². The molecule has 1 saturated carbocycles. The third-order valence-corrected chi connectivity index (χ3v) is 5.54. The van der Waals surface area contributed by atoms with Crippen LogP contribution in [-0.4, -0.2) is 38.3 Å². The molecule has 0 saturated heterocycles. The Bertz CT molecular complexity index is 1140. The molecule has 1 fully saturated rings. The lowest BCUT2D eigenvalue weighted by Gasteiger charge is -2.17. The molecule has 2 aromatic heterocycles. The number of benzene rings is 1. The maximum absolute atomic E-state index is 12.8. The summed E-state index contributed by atoms with van der Waals surface area (Å²) in [5.41, 5.74) is 0.936. The Morgan fingerprint density at radius 1 is 1.21 bits per heavy atom. The van der Waals surface area contributed by atoms with Crippen LogP contribution in [0.3, 0.4) is 0 Å². The number of rotatable bonds is 6. The van der Waals surface area contributed by atoms with Crippen LogP contribution < -0.4 is 5.32 Å². The van der Waals surface area contributed by atoms with Crippen LogP contribution in [0.25, 0.3) is 0 Å². The van der Waals surface area contributed by atoms with Crippen LogP contribution in [0.5, 0.6) is 0 Å². The molecule has 4 rings (SSSR count). The first-order chi connectivity index (χ1) is 16.0. The van der Waals surface area contributed by atoms with Gasteiger partial charge in [-0.3, -0.25) is 4.79 Å². The number of anilines is 1. The predicted molar refractivity (Wildman–Crippen MR) is 115 cm³/mol. The van der Waals surface area contributed by atoms with Gasteiger partial charge in [-0.05, 0) is 30.5 Å². The van der Waals surface area contributed by atoms with Gasteiger partial charge < -0.3 is 14.8 Å². The Hall–Kier alpha value is -3.47. The van der Waals surface area contributed by atoms with Crippen molar-refractivity contribution in [2.75, 3.05) is 5.32 Å². The second-order valence-corrected chi connectivity index (χ2v) is 8.08. The van der Waals surface area contributed by atoms with Crippen LogP contribution in [0, 0.1) is 12.8 Å². The SMILES string of the molecule is Cc1nnc(CCC2(c3ccccc3)CC2C(=O)Nc2ccc(Cl)cn2)o1.O=C(O)C(F)(F)F. The van der Waals surface area contributed by atoms with E-state index in [4.69, 9.17) is 25.9 Å². The number of carbonyl (C=O) groups is 2. The quantitative estimate of drug-likeness (QED) is 0.512. The monoisotopic (exact) mass is 496 g/mol. The molecule has 0 spiro atoms. The van der Waals surface area contributed by atoms with Gasteiger partial charge in [-0.15, -0.1) is 10.2 Å². The minimum Gasteiger partial charge on any atom is -0.475 e. The summed E-state index contributed by atoms with van der Waals surface area (Å²) in [7, 11) is 0.